The van der Waals surface area contributed by atoms with E-state index in [0.717, 1.165) is 54.0 Å². The van der Waals surface area contributed by atoms with E-state index in [0.29, 0.717) is 16.9 Å². The van der Waals surface area contributed by atoms with Crippen LogP contribution in [0.2, 0.25) is 10.3 Å². The number of nitrogens with two attached hydrogens (primary N) is 2. The summed E-state index contributed by atoms with van der Waals surface area (Å²) in [6.07, 6.45) is 9.04. The molecule has 4 aromatic rings. The molecule has 5 N–H and O–H groups in total. The lowest BCUT2D eigenvalue weighted by Crippen LogP contribution is -2.26. The predicted octanol–water partition coefficient (Wildman–Crippen LogP) is 4.53. The van der Waals surface area contributed by atoms with Crippen LogP contribution in [0.1, 0.15) is 37.2 Å². The number of benzene rings is 1. The number of aromatic nitrogens is 5. The number of anilines is 3. The van der Waals surface area contributed by atoms with Crippen molar-refractivity contribution in [3.63, 3.8) is 0 Å². The molecule has 1 aliphatic rings. The Labute approximate surface area is 189 Å². The lowest BCUT2D eigenvalue weighted by Gasteiger charge is -2.28. The Morgan fingerprint density at radius 1 is 1.03 bits per heavy atom. The molecule has 31 heavy (non-hydrogen) atoms. The van der Waals surface area contributed by atoms with Crippen molar-refractivity contribution < 1.29 is 0 Å². The number of imidazole rings is 2. The van der Waals surface area contributed by atoms with Crippen molar-refractivity contribution in [3.05, 3.63) is 58.9 Å². The minimum Gasteiger partial charge on any atom is -0.382 e. The summed E-state index contributed by atoms with van der Waals surface area (Å²) >= 11 is 12.2. The molecule has 1 aromatic carbocycles. The molecule has 3 heterocycles. The zero-order valence-corrected chi connectivity index (χ0v) is 18.2. The number of fused-ring (bicyclic) bond motifs is 1. The number of hydrogen-bond donors (Lipinski definition) is 3. The summed E-state index contributed by atoms with van der Waals surface area (Å²) < 4.78 is 3.43. The number of nitrogen functional groups attached to an aromatic ring is 1. The third-order valence-electron chi connectivity index (χ3n) is 5.87. The Morgan fingerprint density at radius 3 is 2.45 bits per heavy atom. The lowest BCUT2D eigenvalue weighted by atomic mass is 9.81. The van der Waals surface area contributed by atoms with Gasteiger partial charge in [-0.15, -0.1) is 5.10 Å². The predicted molar refractivity (Wildman–Crippen MR) is 123 cm³/mol. The molecule has 0 radical (unpaired) electrons. The van der Waals surface area contributed by atoms with Crippen molar-refractivity contribution in [2.75, 3.05) is 11.1 Å². The quantitative estimate of drug-likeness (QED) is 0.415. The van der Waals surface area contributed by atoms with Gasteiger partial charge in [-0.25, -0.2) is 14.5 Å². The second-order valence-corrected chi connectivity index (χ2v) is 8.57. The normalized spacial score (nSPS) is 19.1. The Balaban J connectivity index is 1.51. The van der Waals surface area contributed by atoms with Gasteiger partial charge in [0, 0.05) is 35.4 Å². The Kier molecular flexibility index (Phi) is 5.21. The molecule has 0 spiro atoms. The summed E-state index contributed by atoms with van der Waals surface area (Å²) in [5.74, 6) is 0.813. The highest BCUT2D eigenvalue weighted by molar-refractivity contribution is 6.40. The summed E-state index contributed by atoms with van der Waals surface area (Å²) in [4.78, 5) is 8.55. The summed E-state index contributed by atoms with van der Waals surface area (Å²) in [6.45, 7) is 0. The van der Waals surface area contributed by atoms with Crippen LogP contribution in [-0.2, 0) is 0 Å². The monoisotopic (exact) mass is 456 g/mol. The van der Waals surface area contributed by atoms with Gasteiger partial charge < -0.3 is 16.8 Å². The molecule has 0 aliphatic heterocycles. The minimum absolute atomic E-state index is 0.257. The number of rotatable bonds is 4. The molecule has 10 heteroatoms. The minimum atomic E-state index is 0.257. The third-order valence-corrected chi connectivity index (χ3v) is 6.60. The van der Waals surface area contributed by atoms with Crippen LogP contribution in [0.4, 0.5) is 17.2 Å². The van der Waals surface area contributed by atoms with Crippen LogP contribution in [0.25, 0.3) is 11.3 Å². The van der Waals surface area contributed by atoms with Gasteiger partial charge in [0.05, 0.1) is 5.69 Å². The maximum absolute atomic E-state index is 6.42. The Morgan fingerprint density at radius 2 is 1.77 bits per heavy atom. The van der Waals surface area contributed by atoms with Crippen molar-refractivity contribution in [2.45, 2.75) is 37.6 Å². The van der Waals surface area contributed by atoms with Crippen LogP contribution in [-0.4, -0.2) is 30.2 Å². The molecule has 8 nitrogen and oxygen atoms in total. The van der Waals surface area contributed by atoms with E-state index in [1.807, 2.05) is 24.3 Å². The van der Waals surface area contributed by atoms with E-state index in [2.05, 4.69) is 20.4 Å². The highest BCUT2D eigenvalue weighted by Gasteiger charge is 2.27. The van der Waals surface area contributed by atoms with E-state index < -0.39 is 0 Å². The second kappa shape index (κ2) is 8.03. The molecule has 1 fully saturated rings. The van der Waals surface area contributed by atoms with Gasteiger partial charge in [-0.1, -0.05) is 23.2 Å². The van der Waals surface area contributed by atoms with Gasteiger partial charge in [-0.3, -0.25) is 4.57 Å². The van der Waals surface area contributed by atoms with Crippen LogP contribution in [0.15, 0.2) is 43.0 Å². The van der Waals surface area contributed by atoms with E-state index in [4.69, 9.17) is 34.7 Å². The fourth-order valence-electron chi connectivity index (χ4n) is 4.26. The average Bonchev–Trinajstić information content (AvgIpc) is 3.36. The van der Waals surface area contributed by atoms with Gasteiger partial charge in [-0.05, 0) is 55.9 Å². The fourth-order valence-corrected chi connectivity index (χ4v) is 4.59. The van der Waals surface area contributed by atoms with Crippen molar-refractivity contribution in [1.29, 1.82) is 0 Å². The molecule has 0 amide bonds. The molecular formula is C21H22Cl2N8. The molecule has 1 aliphatic carbocycles. The molecule has 0 unspecified atom stereocenters. The van der Waals surface area contributed by atoms with Crippen LogP contribution >= 0.6 is 23.2 Å². The largest absolute Gasteiger partial charge is 0.382 e. The van der Waals surface area contributed by atoms with Crippen molar-refractivity contribution in [2.24, 2.45) is 5.73 Å². The second-order valence-electron chi connectivity index (χ2n) is 7.85. The van der Waals surface area contributed by atoms with E-state index >= 15 is 0 Å². The molecule has 0 saturated heterocycles. The van der Waals surface area contributed by atoms with Gasteiger partial charge in [-0.2, -0.15) is 0 Å². The lowest BCUT2D eigenvalue weighted by molar-refractivity contribution is 0.396. The molecular weight excluding hydrogens is 435 g/mol. The van der Waals surface area contributed by atoms with Gasteiger partial charge >= 0.3 is 0 Å². The highest BCUT2D eigenvalue weighted by Crippen LogP contribution is 2.41. The Hall–Kier alpha value is -2.81. The first-order valence-electron chi connectivity index (χ1n) is 10.2. The zero-order chi connectivity index (χ0) is 21.5. The van der Waals surface area contributed by atoms with E-state index in [1.54, 1.807) is 27.8 Å². The van der Waals surface area contributed by atoms with Gasteiger partial charge in [0.1, 0.15) is 12.1 Å². The molecule has 160 valence electrons. The van der Waals surface area contributed by atoms with E-state index in [1.165, 1.54) is 0 Å². The van der Waals surface area contributed by atoms with Crippen LogP contribution in [0.5, 0.6) is 0 Å². The van der Waals surface area contributed by atoms with Crippen LogP contribution in [0.3, 0.4) is 0 Å². The summed E-state index contributed by atoms with van der Waals surface area (Å²) in [5, 5.41) is 8.70. The SMILES string of the molecule is Nc1nn2ccnc2c(Nc2ccc(-n3cnc(Cl)c3Cl)cc2)c1C1CCC(N)CC1. The number of halogens is 2. The standard InChI is InChI=1S/C21H22Cl2N8/c22-18-19(23)30(11-27-18)15-7-5-14(6-8-15)28-17-16(12-1-3-13(24)4-2-12)20(25)29-31-10-9-26-21(17)31/h5-13,28H,1-4,24H2,(H2,25,29). The molecule has 0 atom stereocenters. The van der Waals surface area contributed by atoms with Crippen molar-refractivity contribution in [1.82, 2.24) is 24.1 Å². The van der Waals surface area contributed by atoms with Crippen molar-refractivity contribution in [3.8, 4) is 5.69 Å². The number of hydrogen-bond acceptors (Lipinski definition) is 6. The van der Waals surface area contributed by atoms with Crippen LogP contribution in [0, 0.1) is 0 Å². The molecule has 3 aromatic heterocycles. The summed E-state index contributed by atoms with van der Waals surface area (Å²) in [5.41, 5.74) is 16.9. The van der Waals surface area contributed by atoms with Gasteiger partial charge in [0.2, 0.25) is 0 Å². The maximum atomic E-state index is 6.42. The average molecular weight is 457 g/mol. The molecule has 0 bridgehead atoms. The number of nitrogens with zero attached hydrogens (tertiary/aromatic N) is 5. The van der Waals surface area contributed by atoms with Gasteiger partial charge in [0.15, 0.2) is 16.0 Å². The number of nitrogens with one attached hydrogen (secondary N) is 1. The van der Waals surface area contributed by atoms with Crippen molar-refractivity contribution >= 4 is 46.0 Å². The smallest absolute Gasteiger partial charge is 0.177 e. The first-order valence-corrected chi connectivity index (χ1v) is 10.9. The van der Waals surface area contributed by atoms with Gasteiger partial charge in [0.25, 0.3) is 0 Å². The fraction of sp³-hybridized carbons (Fsp3) is 0.286. The summed E-state index contributed by atoms with van der Waals surface area (Å²) in [7, 11) is 0. The molecule has 5 rings (SSSR count). The van der Waals surface area contributed by atoms with E-state index in [-0.39, 0.29) is 11.2 Å². The highest BCUT2D eigenvalue weighted by atomic mass is 35.5. The topological polar surface area (TPSA) is 112 Å². The van der Waals surface area contributed by atoms with Crippen LogP contribution < -0.4 is 16.8 Å². The molecule has 1 saturated carbocycles. The Bertz CT molecular complexity index is 1220. The summed E-state index contributed by atoms with van der Waals surface area (Å²) in [6, 6.07) is 8.08. The maximum Gasteiger partial charge on any atom is 0.177 e. The third kappa shape index (κ3) is 3.71. The van der Waals surface area contributed by atoms with E-state index in [9.17, 15) is 0 Å². The zero-order valence-electron chi connectivity index (χ0n) is 16.7. The first kappa shape index (κ1) is 20.1. The first-order chi connectivity index (χ1) is 15.0.